The van der Waals surface area contributed by atoms with Crippen molar-refractivity contribution < 1.29 is 38.9 Å². The van der Waals surface area contributed by atoms with Crippen LogP contribution in [0.5, 0.6) is 5.75 Å². The lowest BCUT2D eigenvalue weighted by Gasteiger charge is -2.15. The summed E-state index contributed by atoms with van der Waals surface area (Å²) in [5, 5.41) is 22.3. The fourth-order valence-electron chi connectivity index (χ4n) is 4.85. The lowest BCUT2D eigenvalue weighted by molar-refractivity contribution is -0.142. The van der Waals surface area contributed by atoms with Crippen LogP contribution in [0.3, 0.4) is 0 Å². The van der Waals surface area contributed by atoms with E-state index in [1.54, 1.807) is 54.7 Å². The van der Waals surface area contributed by atoms with E-state index in [0.29, 0.717) is 16.9 Å². The van der Waals surface area contributed by atoms with Crippen molar-refractivity contribution in [2.45, 2.75) is 12.5 Å². The van der Waals surface area contributed by atoms with E-state index in [4.69, 9.17) is 4.74 Å². The second kappa shape index (κ2) is 14.0. The molecule has 1 aromatic heterocycles. The highest BCUT2D eigenvalue weighted by Crippen LogP contribution is 2.20. The van der Waals surface area contributed by atoms with E-state index in [0.717, 1.165) is 16.5 Å². The van der Waals surface area contributed by atoms with Crippen LogP contribution in [-0.4, -0.2) is 57.3 Å². The molecule has 0 aliphatic rings. The summed E-state index contributed by atoms with van der Waals surface area (Å²) in [7, 11) is 0. The summed E-state index contributed by atoms with van der Waals surface area (Å²) in [5.41, 5.74) is 2.91. The number of nitrogens with one attached hydrogen (secondary N) is 2. The third-order valence-electron chi connectivity index (χ3n) is 7.22. The molecule has 4 N–H and O–H groups in total. The van der Waals surface area contributed by atoms with Gasteiger partial charge in [0.25, 0.3) is 5.91 Å². The molecule has 4 aromatic carbocycles. The second-order valence-corrected chi connectivity index (χ2v) is 10.3. The fourth-order valence-corrected chi connectivity index (χ4v) is 4.85. The molecule has 0 aliphatic carbocycles. The molecule has 230 valence electrons. The van der Waals surface area contributed by atoms with Crippen molar-refractivity contribution in [3.63, 3.8) is 0 Å². The summed E-state index contributed by atoms with van der Waals surface area (Å²) in [6.07, 6.45) is 4.78. The van der Waals surface area contributed by atoms with Gasteiger partial charge in [0.15, 0.2) is 18.2 Å². The van der Waals surface area contributed by atoms with E-state index in [-0.39, 0.29) is 28.9 Å². The van der Waals surface area contributed by atoms with Crippen molar-refractivity contribution in [3.8, 4) is 5.75 Å². The van der Waals surface area contributed by atoms with Gasteiger partial charge in [0.1, 0.15) is 11.8 Å². The predicted octanol–water partition coefficient (Wildman–Crippen LogP) is 5.18. The number of carbonyl (C=O) groups is 5. The standard InChI is InChI=1S/C36H28N2O8/c39-32(29-20-37-30-8-4-3-5-26(29)30)18-13-22-11-16-25(17-12-22)46-21-33(40)38-31(36(44)45)19-23-9-14-24(15-10-23)34(41)27-6-1-2-7-28(27)35(42)43/h1-18,20,31,37H,19,21H2,(H,38,40)(H,42,43)(H,44,45)/b18-13+/t31-/m0/s1. The average molecular weight is 617 g/mol. The molecular formula is C36H28N2O8. The zero-order valence-corrected chi connectivity index (χ0v) is 24.3. The number of rotatable bonds is 13. The van der Waals surface area contributed by atoms with Crippen molar-refractivity contribution in [1.82, 2.24) is 10.3 Å². The van der Waals surface area contributed by atoms with Gasteiger partial charge in [-0.05, 0) is 41.5 Å². The molecule has 0 spiro atoms. The summed E-state index contributed by atoms with van der Waals surface area (Å²) in [6, 6.07) is 24.9. The minimum Gasteiger partial charge on any atom is -0.484 e. The van der Waals surface area contributed by atoms with Crippen molar-refractivity contribution in [2.75, 3.05) is 6.61 Å². The quantitative estimate of drug-likeness (QED) is 0.104. The Morgan fingerprint density at radius 1 is 0.783 bits per heavy atom. The Morgan fingerprint density at radius 2 is 1.46 bits per heavy atom. The highest BCUT2D eigenvalue weighted by molar-refractivity contribution is 6.15. The number of aromatic nitrogens is 1. The highest BCUT2D eigenvalue weighted by Gasteiger charge is 2.22. The number of allylic oxidation sites excluding steroid dienone is 1. The first kappa shape index (κ1) is 31.1. The third-order valence-corrected chi connectivity index (χ3v) is 7.22. The Bertz CT molecular complexity index is 1960. The Hall–Kier alpha value is -6.29. The van der Waals surface area contributed by atoms with Crippen LogP contribution in [-0.2, 0) is 16.0 Å². The second-order valence-electron chi connectivity index (χ2n) is 10.3. The van der Waals surface area contributed by atoms with Gasteiger partial charge in [-0.3, -0.25) is 14.4 Å². The maximum Gasteiger partial charge on any atom is 0.336 e. The van der Waals surface area contributed by atoms with E-state index < -0.39 is 36.3 Å². The zero-order valence-electron chi connectivity index (χ0n) is 24.3. The molecule has 46 heavy (non-hydrogen) atoms. The Labute approximate surface area is 263 Å². The number of carboxylic acid groups (broad SMARTS) is 2. The number of amides is 1. The Morgan fingerprint density at radius 3 is 2.15 bits per heavy atom. The van der Waals surface area contributed by atoms with Crippen LogP contribution in [0, 0.1) is 0 Å². The maximum atomic E-state index is 12.9. The summed E-state index contributed by atoms with van der Waals surface area (Å²) < 4.78 is 5.52. The van der Waals surface area contributed by atoms with E-state index in [9.17, 15) is 34.2 Å². The first-order chi connectivity index (χ1) is 22.2. The number of fused-ring (bicyclic) bond motifs is 1. The lowest BCUT2D eigenvalue weighted by atomic mass is 9.96. The van der Waals surface area contributed by atoms with E-state index in [1.165, 1.54) is 36.4 Å². The number of aromatic carboxylic acids is 1. The molecule has 0 aliphatic heterocycles. The van der Waals surface area contributed by atoms with Crippen LogP contribution in [0.2, 0.25) is 0 Å². The molecule has 0 unspecified atom stereocenters. The number of aliphatic carboxylic acids is 1. The van der Waals surface area contributed by atoms with Gasteiger partial charge < -0.3 is 25.3 Å². The summed E-state index contributed by atoms with van der Waals surface area (Å²) >= 11 is 0. The Balaban J connectivity index is 1.13. The molecule has 0 saturated carbocycles. The van der Waals surface area contributed by atoms with Crippen LogP contribution in [0.15, 0.2) is 109 Å². The van der Waals surface area contributed by atoms with E-state index in [1.807, 2.05) is 24.3 Å². The number of carboxylic acids is 2. The first-order valence-electron chi connectivity index (χ1n) is 14.2. The number of H-pyrrole nitrogens is 1. The summed E-state index contributed by atoms with van der Waals surface area (Å²) in [6.45, 7) is -0.422. The molecule has 10 heteroatoms. The summed E-state index contributed by atoms with van der Waals surface area (Å²) in [5.74, 6) is -3.35. The van der Waals surface area contributed by atoms with Crippen LogP contribution in [0.1, 0.15) is 47.8 Å². The average Bonchev–Trinajstić information content (AvgIpc) is 3.51. The smallest absolute Gasteiger partial charge is 0.336 e. The van der Waals surface area contributed by atoms with Gasteiger partial charge in [0, 0.05) is 40.2 Å². The molecule has 10 nitrogen and oxygen atoms in total. The largest absolute Gasteiger partial charge is 0.484 e. The first-order valence-corrected chi connectivity index (χ1v) is 14.2. The number of ketones is 2. The molecule has 1 heterocycles. The normalized spacial score (nSPS) is 11.7. The number of benzene rings is 4. The monoisotopic (exact) mass is 616 g/mol. The van der Waals surface area contributed by atoms with Crippen LogP contribution in [0.4, 0.5) is 0 Å². The maximum absolute atomic E-state index is 12.9. The van der Waals surface area contributed by atoms with Crippen molar-refractivity contribution >= 4 is 46.4 Å². The molecule has 0 fully saturated rings. The predicted molar refractivity (Wildman–Crippen MR) is 170 cm³/mol. The minimum atomic E-state index is -1.26. The number of carbonyl (C=O) groups excluding carboxylic acids is 3. The summed E-state index contributed by atoms with van der Waals surface area (Å²) in [4.78, 5) is 64.5. The van der Waals surface area contributed by atoms with Gasteiger partial charge >= 0.3 is 11.9 Å². The van der Waals surface area contributed by atoms with Gasteiger partial charge in [-0.15, -0.1) is 0 Å². The van der Waals surface area contributed by atoms with Gasteiger partial charge in [0.05, 0.1) is 5.56 Å². The van der Waals surface area contributed by atoms with Crippen LogP contribution >= 0.6 is 0 Å². The van der Waals surface area contributed by atoms with Gasteiger partial charge in [-0.2, -0.15) is 0 Å². The lowest BCUT2D eigenvalue weighted by Crippen LogP contribution is -2.44. The molecule has 1 atom stereocenters. The SMILES string of the molecule is O=C(COc1ccc(/C=C/C(=O)c2c[nH]c3ccccc23)cc1)N[C@@H](Cc1ccc(C(=O)c2ccccc2C(=O)O)cc1)C(=O)O. The topological polar surface area (TPSA) is 163 Å². The van der Waals surface area contributed by atoms with Gasteiger partial charge in [0.2, 0.25) is 0 Å². The zero-order chi connectivity index (χ0) is 32.6. The number of aromatic amines is 1. The molecule has 0 radical (unpaired) electrons. The molecular weight excluding hydrogens is 588 g/mol. The highest BCUT2D eigenvalue weighted by atomic mass is 16.5. The number of hydrogen-bond donors (Lipinski definition) is 4. The van der Waals surface area contributed by atoms with Crippen molar-refractivity contribution in [3.05, 3.63) is 143 Å². The Kier molecular flexibility index (Phi) is 9.48. The van der Waals surface area contributed by atoms with Gasteiger partial charge in [-0.1, -0.05) is 78.9 Å². The third kappa shape index (κ3) is 7.43. The minimum absolute atomic E-state index is 0.0427. The number of para-hydroxylation sites is 1. The molecule has 1 amide bonds. The van der Waals surface area contributed by atoms with E-state index in [2.05, 4.69) is 10.3 Å². The van der Waals surface area contributed by atoms with Crippen molar-refractivity contribution in [1.29, 1.82) is 0 Å². The van der Waals surface area contributed by atoms with Crippen molar-refractivity contribution in [2.24, 2.45) is 0 Å². The fraction of sp³-hybridized carbons (Fsp3) is 0.0833. The van der Waals surface area contributed by atoms with Crippen LogP contribution < -0.4 is 10.1 Å². The van der Waals surface area contributed by atoms with Gasteiger partial charge in [-0.25, -0.2) is 9.59 Å². The molecule has 5 aromatic rings. The molecule has 0 bridgehead atoms. The molecule has 5 rings (SSSR count). The molecule has 0 saturated heterocycles. The number of ether oxygens (including phenoxy) is 1. The van der Waals surface area contributed by atoms with Crippen LogP contribution in [0.25, 0.3) is 17.0 Å². The van der Waals surface area contributed by atoms with E-state index >= 15 is 0 Å². The number of hydrogen-bond acceptors (Lipinski definition) is 6.